The molecule has 3 amide bonds. The van der Waals surface area contributed by atoms with E-state index in [0.717, 1.165) is 9.13 Å². The van der Waals surface area contributed by atoms with Gasteiger partial charge in [-0.25, -0.2) is 4.79 Å². The smallest absolute Gasteiger partial charge is 0.329 e. The van der Waals surface area contributed by atoms with Gasteiger partial charge in [0.1, 0.15) is 12.3 Å². The van der Waals surface area contributed by atoms with Crippen LogP contribution in [0, 0.1) is 13.7 Å². The van der Waals surface area contributed by atoms with Gasteiger partial charge in [-0.2, -0.15) is 0 Å². The second kappa shape index (κ2) is 9.77. The number of benzene rings is 2. The van der Waals surface area contributed by atoms with Gasteiger partial charge in [0.15, 0.2) is 11.5 Å². The highest BCUT2D eigenvalue weighted by molar-refractivity contribution is 14.1. The van der Waals surface area contributed by atoms with Crippen molar-refractivity contribution in [3.05, 3.63) is 66.9 Å². The third-order valence-electron chi connectivity index (χ3n) is 4.50. The van der Waals surface area contributed by atoms with E-state index in [4.69, 9.17) is 9.47 Å². The van der Waals surface area contributed by atoms with Gasteiger partial charge in [-0.3, -0.25) is 19.8 Å². The maximum absolute atomic E-state index is 12.4. The molecule has 31 heavy (non-hydrogen) atoms. The first-order valence-corrected chi connectivity index (χ1v) is 10.5. The number of amides is 3. The topological polar surface area (TPSA) is 111 Å². The van der Waals surface area contributed by atoms with Crippen LogP contribution in [0.2, 0.25) is 0 Å². The number of nitro benzene ring substituents is 1. The van der Waals surface area contributed by atoms with E-state index in [1.807, 2.05) is 13.0 Å². The summed E-state index contributed by atoms with van der Waals surface area (Å²) in [5, 5.41) is 13.4. The molecule has 1 aliphatic heterocycles. The molecule has 0 aromatic heterocycles. The largest absolute Gasteiger partial charge is 0.493 e. The van der Waals surface area contributed by atoms with Crippen LogP contribution >= 0.6 is 22.6 Å². The highest BCUT2D eigenvalue weighted by atomic mass is 127. The fraction of sp³-hybridized carbons (Fsp3) is 0.238. The van der Waals surface area contributed by atoms with Gasteiger partial charge in [-0.1, -0.05) is 6.92 Å². The second-order valence-electron chi connectivity index (χ2n) is 6.69. The lowest BCUT2D eigenvalue weighted by Gasteiger charge is -2.14. The van der Waals surface area contributed by atoms with E-state index in [1.165, 1.54) is 24.1 Å². The number of halogens is 1. The summed E-state index contributed by atoms with van der Waals surface area (Å²) in [6.45, 7) is 2.45. The second-order valence-corrected chi connectivity index (χ2v) is 7.85. The average molecular weight is 537 g/mol. The van der Waals surface area contributed by atoms with E-state index in [9.17, 15) is 19.7 Å². The number of methoxy groups -OCH3 is 1. The Hall–Kier alpha value is -3.15. The monoisotopic (exact) mass is 537 g/mol. The van der Waals surface area contributed by atoms with Gasteiger partial charge in [0, 0.05) is 18.7 Å². The van der Waals surface area contributed by atoms with Crippen molar-refractivity contribution in [1.29, 1.82) is 0 Å². The van der Waals surface area contributed by atoms with Crippen molar-refractivity contribution >= 4 is 46.3 Å². The summed E-state index contributed by atoms with van der Waals surface area (Å²) >= 11 is 2.10. The van der Waals surface area contributed by atoms with E-state index >= 15 is 0 Å². The fourth-order valence-corrected chi connectivity index (χ4v) is 3.78. The lowest BCUT2D eigenvalue weighted by molar-refractivity contribution is -0.384. The van der Waals surface area contributed by atoms with E-state index < -0.39 is 11.0 Å². The first-order valence-electron chi connectivity index (χ1n) is 9.42. The van der Waals surface area contributed by atoms with Crippen LogP contribution in [0.5, 0.6) is 11.5 Å². The fourth-order valence-electron chi connectivity index (χ4n) is 3.00. The molecule has 0 bridgehead atoms. The van der Waals surface area contributed by atoms with Crippen LogP contribution in [0.3, 0.4) is 0 Å². The lowest BCUT2D eigenvalue weighted by Crippen LogP contribution is -2.31. The van der Waals surface area contributed by atoms with Crippen molar-refractivity contribution < 1.29 is 24.0 Å². The molecular weight excluding hydrogens is 517 g/mol. The molecule has 162 valence electrons. The van der Waals surface area contributed by atoms with E-state index in [0.29, 0.717) is 30.0 Å². The molecule has 2 aromatic rings. The quantitative estimate of drug-likeness (QED) is 0.179. The number of nitro groups is 1. The molecular formula is C21H20IN3O6. The number of carbonyl (C=O) groups excluding carboxylic acids is 2. The van der Waals surface area contributed by atoms with Crippen molar-refractivity contribution in [3.8, 4) is 11.5 Å². The average Bonchev–Trinajstić information content (AvgIpc) is 3.00. The number of non-ortho nitro benzene ring substituents is 1. The van der Waals surface area contributed by atoms with Crippen LogP contribution in [0.4, 0.5) is 10.5 Å². The van der Waals surface area contributed by atoms with E-state index in [-0.39, 0.29) is 23.9 Å². The molecule has 1 heterocycles. The number of nitrogens with one attached hydrogen (secondary N) is 1. The third-order valence-corrected chi connectivity index (χ3v) is 5.30. The highest BCUT2D eigenvalue weighted by Gasteiger charge is 2.32. The Balaban J connectivity index is 1.79. The zero-order valence-electron chi connectivity index (χ0n) is 16.9. The molecule has 1 N–H and O–H groups in total. The summed E-state index contributed by atoms with van der Waals surface area (Å²) in [4.78, 5) is 35.9. The molecule has 1 fully saturated rings. The molecule has 1 saturated heterocycles. The van der Waals surface area contributed by atoms with E-state index in [1.54, 1.807) is 24.3 Å². The standard InChI is InChI=1S/C21H20IN3O6/c1-3-8-24-20(26)17(23-21(24)27)10-14-9-16(22)19(18(11-14)30-2)31-12-13-4-6-15(7-5-13)25(28)29/h4-7,9-11H,3,8,12H2,1-2H3,(H,23,27)/b17-10+. The normalized spacial score (nSPS) is 14.7. The number of carbonyl (C=O) groups is 2. The summed E-state index contributed by atoms with van der Waals surface area (Å²) in [5.41, 5.74) is 1.66. The van der Waals surface area contributed by atoms with Crippen molar-refractivity contribution in [2.75, 3.05) is 13.7 Å². The van der Waals surface area contributed by atoms with Crippen molar-refractivity contribution in [2.45, 2.75) is 20.0 Å². The minimum absolute atomic E-state index is 0.0133. The van der Waals surface area contributed by atoms with Crippen LogP contribution < -0.4 is 14.8 Å². The number of ether oxygens (including phenoxy) is 2. The Morgan fingerprint density at radius 1 is 1.23 bits per heavy atom. The summed E-state index contributed by atoms with van der Waals surface area (Å²) < 4.78 is 12.1. The number of hydrogen-bond donors (Lipinski definition) is 1. The zero-order chi connectivity index (χ0) is 22.5. The van der Waals surface area contributed by atoms with E-state index in [2.05, 4.69) is 27.9 Å². The Morgan fingerprint density at radius 3 is 2.55 bits per heavy atom. The van der Waals surface area contributed by atoms with Crippen molar-refractivity contribution in [2.24, 2.45) is 0 Å². The molecule has 0 aliphatic carbocycles. The van der Waals surface area contributed by atoms with Gasteiger partial charge in [0.2, 0.25) is 0 Å². The summed E-state index contributed by atoms with van der Waals surface area (Å²) in [7, 11) is 1.51. The highest BCUT2D eigenvalue weighted by Crippen LogP contribution is 2.35. The summed E-state index contributed by atoms with van der Waals surface area (Å²) in [5.74, 6) is 0.611. The van der Waals surface area contributed by atoms with Crippen molar-refractivity contribution in [1.82, 2.24) is 10.2 Å². The van der Waals surface area contributed by atoms with Crippen LogP contribution in [-0.2, 0) is 11.4 Å². The molecule has 0 atom stereocenters. The molecule has 0 unspecified atom stereocenters. The maximum atomic E-state index is 12.4. The SMILES string of the molecule is CCCN1C(=O)N/C(=C/c2cc(I)c(OCc3ccc([N+](=O)[O-])cc3)c(OC)c2)C1=O. The molecule has 0 saturated carbocycles. The molecule has 2 aromatic carbocycles. The molecule has 3 rings (SSSR count). The van der Waals surface area contributed by atoms with Crippen LogP contribution in [0.15, 0.2) is 42.1 Å². The Kier molecular flexibility index (Phi) is 7.10. The van der Waals surface area contributed by atoms with Crippen molar-refractivity contribution in [3.63, 3.8) is 0 Å². The first kappa shape index (κ1) is 22.5. The predicted molar refractivity (Wildman–Crippen MR) is 122 cm³/mol. The maximum Gasteiger partial charge on any atom is 0.329 e. The van der Waals surface area contributed by atoms with Gasteiger partial charge in [0.05, 0.1) is 15.6 Å². The number of imide groups is 1. The Bertz CT molecular complexity index is 1050. The predicted octanol–water partition coefficient (Wildman–Crippen LogP) is 4.09. The molecule has 0 spiro atoms. The molecule has 1 aliphatic rings. The number of nitrogens with zero attached hydrogens (tertiary/aromatic N) is 2. The summed E-state index contributed by atoms with van der Waals surface area (Å²) in [6.07, 6.45) is 2.28. The Labute approximate surface area is 192 Å². The zero-order valence-corrected chi connectivity index (χ0v) is 19.0. The van der Waals surface area contributed by atoms with Crippen LogP contribution in [-0.4, -0.2) is 35.4 Å². The van der Waals surface area contributed by atoms with Crippen LogP contribution in [0.1, 0.15) is 24.5 Å². The molecule has 10 heteroatoms. The first-order chi connectivity index (χ1) is 14.8. The number of rotatable bonds is 8. The Morgan fingerprint density at radius 2 is 1.94 bits per heavy atom. The number of urea groups is 1. The van der Waals surface area contributed by atoms with Gasteiger partial charge in [-0.15, -0.1) is 0 Å². The molecule has 0 radical (unpaired) electrons. The minimum Gasteiger partial charge on any atom is -0.493 e. The minimum atomic E-state index is -0.456. The molecule has 9 nitrogen and oxygen atoms in total. The summed E-state index contributed by atoms with van der Waals surface area (Å²) in [6, 6.07) is 9.20. The number of hydrogen-bond acceptors (Lipinski definition) is 6. The van der Waals surface area contributed by atoms with Gasteiger partial charge in [-0.05, 0) is 70.5 Å². The lowest BCUT2D eigenvalue weighted by atomic mass is 10.1. The van der Waals surface area contributed by atoms with Gasteiger partial charge < -0.3 is 14.8 Å². The third kappa shape index (κ3) is 5.13. The van der Waals surface area contributed by atoms with Crippen LogP contribution in [0.25, 0.3) is 6.08 Å². The van der Waals surface area contributed by atoms with Gasteiger partial charge >= 0.3 is 6.03 Å². The van der Waals surface area contributed by atoms with Gasteiger partial charge in [0.25, 0.3) is 11.6 Å².